The lowest BCUT2D eigenvalue weighted by molar-refractivity contribution is 0.0356. The average molecular weight is 231 g/mol. The monoisotopic (exact) mass is 231 g/mol. The van der Waals surface area contributed by atoms with Gasteiger partial charge >= 0.3 is 0 Å². The zero-order chi connectivity index (χ0) is 11.3. The van der Waals surface area contributed by atoms with E-state index in [9.17, 15) is 5.11 Å². The molecule has 0 spiro atoms. The first-order valence-electron chi connectivity index (χ1n) is 6.03. The fraction of sp³-hybridized carbons (Fsp3) is 1.00. The molecule has 1 heterocycles. The van der Waals surface area contributed by atoms with Gasteiger partial charge in [-0.1, -0.05) is 13.8 Å². The van der Waals surface area contributed by atoms with E-state index in [0.29, 0.717) is 12.0 Å². The molecule has 0 aromatic carbocycles. The number of nitrogens with one attached hydrogen (secondary N) is 1. The van der Waals surface area contributed by atoms with Crippen LogP contribution >= 0.6 is 11.8 Å². The van der Waals surface area contributed by atoms with E-state index in [2.05, 4.69) is 19.2 Å². The third-order valence-corrected chi connectivity index (χ3v) is 3.89. The molecule has 0 aliphatic carbocycles. The van der Waals surface area contributed by atoms with E-state index < -0.39 is 5.60 Å². The van der Waals surface area contributed by atoms with Gasteiger partial charge in [-0.15, -0.1) is 0 Å². The lowest BCUT2D eigenvalue weighted by Gasteiger charge is -2.30. The molecule has 1 unspecified atom stereocenters. The van der Waals surface area contributed by atoms with Crippen LogP contribution in [0.2, 0.25) is 0 Å². The summed E-state index contributed by atoms with van der Waals surface area (Å²) in [6.07, 6.45) is 3.38. The van der Waals surface area contributed by atoms with Crippen LogP contribution in [0.15, 0.2) is 0 Å². The predicted octanol–water partition coefficient (Wildman–Crippen LogP) is 2.27. The van der Waals surface area contributed by atoms with Crippen molar-refractivity contribution in [2.75, 3.05) is 18.1 Å². The highest BCUT2D eigenvalue weighted by atomic mass is 32.2. The van der Waals surface area contributed by atoms with Gasteiger partial charge in [0, 0.05) is 12.6 Å². The predicted molar refractivity (Wildman–Crippen MR) is 68.4 cm³/mol. The van der Waals surface area contributed by atoms with Crippen molar-refractivity contribution in [3.8, 4) is 0 Å². The molecule has 15 heavy (non-hydrogen) atoms. The van der Waals surface area contributed by atoms with E-state index in [1.807, 2.05) is 18.7 Å². The third-order valence-electron chi connectivity index (χ3n) is 2.84. The van der Waals surface area contributed by atoms with Gasteiger partial charge in [-0.25, -0.2) is 0 Å². The van der Waals surface area contributed by atoms with Gasteiger partial charge in [-0.05, 0) is 43.6 Å². The number of hydrogen-bond donors (Lipinski definition) is 2. The Morgan fingerprint density at radius 2 is 2.00 bits per heavy atom. The van der Waals surface area contributed by atoms with Crippen LogP contribution in [-0.4, -0.2) is 34.8 Å². The van der Waals surface area contributed by atoms with E-state index in [0.717, 1.165) is 13.0 Å². The fourth-order valence-corrected chi connectivity index (χ4v) is 3.32. The molecule has 0 radical (unpaired) electrons. The van der Waals surface area contributed by atoms with E-state index in [1.54, 1.807) is 0 Å². The summed E-state index contributed by atoms with van der Waals surface area (Å²) in [4.78, 5) is 0. The Balaban J connectivity index is 2.21. The summed E-state index contributed by atoms with van der Waals surface area (Å²) in [6, 6.07) is 0.630. The minimum atomic E-state index is -0.543. The summed E-state index contributed by atoms with van der Waals surface area (Å²) in [6.45, 7) is 7.00. The van der Waals surface area contributed by atoms with Gasteiger partial charge in [-0.2, -0.15) is 11.8 Å². The molecule has 1 fully saturated rings. The molecular formula is C12H25NOS. The maximum Gasteiger partial charge on any atom is 0.0746 e. The van der Waals surface area contributed by atoms with Gasteiger partial charge in [0.25, 0.3) is 0 Å². The second-order valence-electron chi connectivity index (χ2n) is 5.36. The van der Waals surface area contributed by atoms with Crippen molar-refractivity contribution in [1.29, 1.82) is 0 Å². The van der Waals surface area contributed by atoms with Gasteiger partial charge in [0.05, 0.1) is 5.60 Å². The van der Waals surface area contributed by atoms with Gasteiger partial charge in [-0.3, -0.25) is 0 Å². The van der Waals surface area contributed by atoms with Crippen molar-refractivity contribution in [3.05, 3.63) is 0 Å². The minimum absolute atomic E-state index is 0.543. The molecule has 0 saturated carbocycles. The van der Waals surface area contributed by atoms with E-state index >= 15 is 0 Å². The molecule has 1 aliphatic heterocycles. The van der Waals surface area contributed by atoms with Crippen molar-refractivity contribution < 1.29 is 5.11 Å². The second-order valence-corrected chi connectivity index (χ2v) is 6.59. The third kappa shape index (κ3) is 5.79. The second kappa shape index (κ2) is 6.12. The summed E-state index contributed by atoms with van der Waals surface area (Å²) in [5.74, 6) is 3.09. The molecule has 2 N–H and O–H groups in total. The fourth-order valence-electron chi connectivity index (χ4n) is 2.22. The van der Waals surface area contributed by atoms with Crippen molar-refractivity contribution in [2.24, 2.45) is 5.92 Å². The molecule has 0 aromatic heterocycles. The molecule has 0 amide bonds. The average Bonchev–Trinajstić information content (AvgIpc) is 2.15. The summed E-state index contributed by atoms with van der Waals surface area (Å²) < 4.78 is 0. The molecule has 0 bridgehead atoms. The molecule has 1 aliphatic rings. The van der Waals surface area contributed by atoms with E-state index in [-0.39, 0.29) is 0 Å². The van der Waals surface area contributed by atoms with Crippen molar-refractivity contribution in [3.63, 3.8) is 0 Å². The van der Waals surface area contributed by atoms with E-state index in [4.69, 9.17) is 0 Å². The highest BCUT2D eigenvalue weighted by Gasteiger charge is 2.23. The molecule has 1 rings (SSSR count). The smallest absolute Gasteiger partial charge is 0.0746 e. The van der Waals surface area contributed by atoms with Crippen molar-refractivity contribution in [2.45, 2.75) is 51.7 Å². The topological polar surface area (TPSA) is 32.3 Å². The van der Waals surface area contributed by atoms with Crippen LogP contribution in [0.3, 0.4) is 0 Å². The van der Waals surface area contributed by atoms with Crippen LogP contribution in [0.1, 0.15) is 40.0 Å². The highest BCUT2D eigenvalue weighted by Crippen LogP contribution is 2.19. The lowest BCUT2D eigenvalue weighted by atomic mass is 9.94. The highest BCUT2D eigenvalue weighted by molar-refractivity contribution is 7.99. The summed E-state index contributed by atoms with van der Waals surface area (Å²) >= 11 is 2.04. The summed E-state index contributed by atoms with van der Waals surface area (Å²) in [5.41, 5.74) is -0.543. The SMILES string of the molecule is CC(C)CC(C)(O)CNC1CCSCC1. The largest absolute Gasteiger partial charge is 0.389 e. The molecule has 3 heteroatoms. The number of rotatable bonds is 5. The molecule has 1 atom stereocenters. The quantitative estimate of drug-likeness (QED) is 0.761. The maximum absolute atomic E-state index is 10.1. The molecule has 2 nitrogen and oxygen atoms in total. The van der Waals surface area contributed by atoms with Crippen LogP contribution in [0.5, 0.6) is 0 Å². The maximum atomic E-state index is 10.1. The molecule has 1 saturated heterocycles. The first-order chi connectivity index (χ1) is 6.99. The van der Waals surface area contributed by atoms with Gasteiger partial charge < -0.3 is 10.4 Å². The zero-order valence-electron chi connectivity index (χ0n) is 10.3. The van der Waals surface area contributed by atoms with Gasteiger partial charge in [0.2, 0.25) is 0 Å². The van der Waals surface area contributed by atoms with Crippen LogP contribution in [0.25, 0.3) is 0 Å². The molecule has 0 aromatic rings. The molecular weight excluding hydrogens is 206 g/mol. The van der Waals surface area contributed by atoms with Crippen molar-refractivity contribution >= 4 is 11.8 Å². The van der Waals surface area contributed by atoms with Gasteiger partial charge in [0.1, 0.15) is 0 Å². The Morgan fingerprint density at radius 1 is 1.40 bits per heavy atom. The Morgan fingerprint density at radius 3 is 2.53 bits per heavy atom. The van der Waals surface area contributed by atoms with Crippen LogP contribution in [0.4, 0.5) is 0 Å². The van der Waals surface area contributed by atoms with Crippen molar-refractivity contribution in [1.82, 2.24) is 5.32 Å². The number of thioether (sulfide) groups is 1. The normalized spacial score (nSPS) is 23.0. The molecule has 90 valence electrons. The Bertz CT molecular complexity index is 176. The van der Waals surface area contributed by atoms with Crippen LogP contribution in [0, 0.1) is 5.92 Å². The van der Waals surface area contributed by atoms with Crippen LogP contribution < -0.4 is 5.32 Å². The Hall–Kier alpha value is 0.270. The zero-order valence-corrected chi connectivity index (χ0v) is 11.1. The summed E-state index contributed by atoms with van der Waals surface area (Å²) in [5, 5.41) is 13.7. The number of aliphatic hydroxyl groups is 1. The van der Waals surface area contributed by atoms with Gasteiger partial charge in [0.15, 0.2) is 0 Å². The Labute approximate surface area is 98.2 Å². The summed E-state index contributed by atoms with van der Waals surface area (Å²) in [7, 11) is 0. The van der Waals surface area contributed by atoms with E-state index in [1.165, 1.54) is 24.3 Å². The lowest BCUT2D eigenvalue weighted by Crippen LogP contribution is -2.44. The number of hydrogen-bond acceptors (Lipinski definition) is 3. The first kappa shape index (κ1) is 13.3. The first-order valence-corrected chi connectivity index (χ1v) is 7.18. The minimum Gasteiger partial charge on any atom is -0.389 e. The van der Waals surface area contributed by atoms with Crippen LogP contribution in [-0.2, 0) is 0 Å². The Kier molecular flexibility index (Phi) is 5.44. The standard InChI is InChI=1S/C12H25NOS/c1-10(2)8-12(3,14)9-13-11-4-6-15-7-5-11/h10-11,13-14H,4-9H2,1-3H3.